The van der Waals surface area contributed by atoms with Crippen LogP contribution in [0.3, 0.4) is 0 Å². The zero-order valence-electron chi connectivity index (χ0n) is 7.47. The Morgan fingerprint density at radius 2 is 2.40 bits per heavy atom. The molecule has 2 aromatic rings. The zero-order chi connectivity index (χ0) is 10.8. The maximum Gasteiger partial charge on any atom is 0.313 e. The lowest BCUT2D eigenvalue weighted by Gasteiger charge is -2.00. The van der Waals surface area contributed by atoms with Crippen LogP contribution in [0, 0.1) is 0 Å². The van der Waals surface area contributed by atoms with Crippen molar-refractivity contribution in [1.29, 1.82) is 0 Å². The summed E-state index contributed by atoms with van der Waals surface area (Å²) in [4.78, 5) is 18.3. The Kier molecular flexibility index (Phi) is 2.42. The number of nitrogens with two attached hydrogens (primary N) is 1. The Balaban J connectivity index is 2.39. The molecule has 0 radical (unpaired) electrons. The molecule has 0 fully saturated rings. The van der Waals surface area contributed by atoms with Gasteiger partial charge in [0.25, 0.3) is 0 Å². The highest BCUT2D eigenvalue weighted by molar-refractivity contribution is 8.00. The molecule has 0 aliphatic heterocycles. The van der Waals surface area contributed by atoms with E-state index in [0.717, 1.165) is 11.8 Å². The Morgan fingerprint density at radius 3 is 3.13 bits per heavy atom. The number of aromatic amines is 1. The van der Waals surface area contributed by atoms with Gasteiger partial charge in [-0.1, -0.05) is 11.8 Å². The minimum Gasteiger partial charge on any atom is -0.481 e. The monoisotopic (exact) mass is 225 g/mol. The van der Waals surface area contributed by atoms with Crippen molar-refractivity contribution in [3.05, 3.63) is 6.20 Å². The molecule has 0 spiro atoms. The summed E-state index contributed by atoms with van der Waals surface area (Å²) in [6, 6.07) is 0. The molecular formula is C7H7N5O2S. The van der Waals surface area contributed by atoms with Gasteiger partial charge in [0.2, 0.25) is 5.95 Å². The SMILES string of the molecule is Nc1nc(SCC(=O)O)c2[nH]ncc2n1. The number of rotatable bonds is 3. The van der Waals surface area contributed by atoms with Crippen LogP contribution in [0.2, 0.25) is 0 Å². The number of thioether (sulfide) groups is 1. The van der Waals surface area contributed by atoms with E-state index in [9.17, 15) is 4.79 Å². The van der Waals surface area contributed by atoms with Crippen molar-refractivity contribution < 1.29 is 9.90 Å². The van der Waals surface area contributed by atoms with Gasteiger partial charge in [-0.3, -0.25) is 9.89 Å². The molecule has 2 rings (SSSR count). The molecule has 15 heavy (non-hydrogen) atoms. The van der Waals surface area contributed by atoms with Gasteiger partial charge in [0.05, 0.1) is 11.9 Å². The highest BCUT2D eigenvalue weighted by Crippen LogP contribution is 2.23. The number of aliphatic carboxylic acids is 1. The van der Waals surface area contributed by atoms with Crippen molar-refractivity contribution >= 4 is 34.7 Å². The van der Waals surface area contributed by atoms with Crippen LogP contribution < -0.4 is 5.73 Å². The van der Waals surface area contributed by atoms with Crippen molar-refractivity contribution in [3.8, 4) is 0 Å². The minimum absolute atomic E-state index is 0.0788. The highest BCUT2D eigenvalue weighted by atomic mass is 32.2. The van der Waals surface area contributed by atoms with Gasteiger partial charge < -0.3 is 10.8 Å². The van der Waals surface area contributed by atoms with Gasteiger partial charge in [-0.15, -0.1) is 0 Å². The number of nitrogen functional groups attached to an aromatic ring is 1. The van der Waals surface area contributed by atoms with Gasteiger partial charge >= 0.3 is 5.97 Å². The second-order valence-electron chi connectivity index (χ2n) is 2.70. The molecule has 0 amide bonds. The van der Waals surface area contributed by atoms with Crippen molar-refractivity contribution in [2.75, 3.05) is 11.5 Å². The molecule has 0 atom stereocenters. The molecule has 2 heterocycles. The van der Waals surface area contributed by atoms with Crippen LogP contribution >= 0.6 is 11.8 Å². The highest BCUT2D eigenvalue weighted by Gasteiger charge is 2.10. The Labute approximate surface area is 88.1 Å². The predicted molar refractivity (Wildman–Crippen MR) is 54.5 cm³/mol. The molecule has 0 aliphatic carbocycles. The molecule has 0 saturated carbocycles. The van der Waals surface area contributed by atoms with Gasteiger partial charge in [0.15, 0.2) is 0 Å². The summed E-state index contributed by atoms with van der Waals surface area (Å²) in [6.45, 7) is 0. The number of anilines is 1. The smallest absolute Gasteiger partial charge is 0.313 e. The predicted octanol–water partition coefficient (Wildman–Crippen LogP) is 0.112. The van der Waals surface area contributed by atoms with Crippen LogP contribution in [-0.4, -0.2) is 37.0 Å². The molecule has 2 aromatic heterocycles. The molecule has 0 aliphatic rings. The number of carboxylic acids is 1. The maximum atomic E-state index is 10.4. The number of carboxylic acid groups (broad SMARTS) is 1. The number of nitrogens with one attached hydrogen (secondary N) is 1. The van der Waals surface area contributed by atoms with E-state index in [2.05, 4.69) is 20.2 Å². The van der Waals surface area contributed by atoms with E-state index in [4.69, 9.17) is 10.8 Å². The first-order chi connectivity index (χ1) is 7.16. The fourth-order valence-electron chi connectivity index (χ4n) is 1.06. The lowest BCUT2D eigenvalue weighted by Crippen LogP contribution is -2.01. The summed E-state index contributed by atoms with van der Waals surface area (Å²) in [6.07, 6.45) is 1.51. The number of carbonyl (C=O) groups is 1. The van der Waals surface area contributed by atoms with Crippen molar-refractivity contribution in [1.82, 2.24) is 20.2 Å². The number of H-pyrrole nitrogens is 1. The number of hydrogen-bond acceptors (Lipinski definition) is 6. The Hall–Kier alpha value is -1.83. The molecule has 0 aromatic carbocycles. The second kappa shape index (κ2) is 3.73. The Bertz CT molecular complexity index is 511. The summed E-state index contributed by atoms with van der Waals surface area (Å²) in [5.74, 6) is -0.883. The number of hydrogen-bond donors (Lipinski definition) is 3. The van der Waals surface area contributed by atoms with Gasteiger partial charge in [-0.2, -0.15) is 5.10 Å². The van der Waals surface area contributed by atoms with Gasteiger partial charge in [0, 0.05) is 0 Å². The summed E-state index contributed by atoms with van der Waals surface area (Å²) in [5, 5.41) is 15.5. The van der Waals surface area contributed by atoms with Crippen LogP contribution in [0.25, 0.3) is 11.0 Å². The minimum atomic E-state index is -0.912. The zero-order valence-corrected chi connectivity index (χ0v) is 8.28. The van der Waals surface area contributed by atoms with Crippen LogP contribution in [0.15, 0.2) is 11.2 Å². The lowest BCUT2D eigenvalue weighted by atomic mass is 10.5. The van der Waals surface area contributed by atoms with Gasteiger partial charge in [-0.05, 0) is 0 Å². The van der Waals surface area contributed by atoms with E-state index in [1.807, 2.05) is 0 Å². The molecular weight excluding hydrogens is 218 g/mol. The van der Waals surface area contributed by atoms with Crippen LogP contribution in [0.5, 0.6) is 0 Å². The molecule has 0 unspecified atom stereocenters. The van der Waals surface area contributed by atoms with E-state index in [-0.39, 0.29) is 11.7 Å². The third-order valence-corrected chi connectivity index (χ3v) is 2.58. The number of nitrogens with zero attached hydrogens (tertiary/aromatic N) is 3. The quantitative estimate of drug-likeness (QED) is 0.501. The number of fused-ring (bicyclic) bond motifs is 1. The van der Waals surface area contributed by atoms with E-state index < -0.39 is 5.97 Å². The molecule has 7 nitrogen and oxygen atoms in total. The van der Waals surface area contributed by atoms with Crippen molar-refractivity contribution in [2.45, 2.75) is 5.03 Å². The molecule has 8 heteroatoms. The molecule has 0 bridgehead atoms. The normalized spacial score (nSPS) is 10.7. The molecule has 4 N–H and O–H groups in total. The third-order valence-electron chi connectivity index (χ3n) is 1.62. The van der Waals surface area contributed by atoms with Crippen LogP contribution in [-0.2, 0) is 4.79 Å². The largest absolute Gasteiger partial charge is 0.481 e. The van der Waals surface area contributed by atoms with Crippen molar-refractivity contribution in [3.63, 3.8) is 0 Å². The third kappa shape index (κ3) is 1.99. The fraction of sp³-hybridized carbons (Fsp3) is 0.143. The maximum absolute atomic E-state index is 10.4. The van der Waals surface area contributed by atoms with E-state index >= 15 is 0 Å². The average molecular weight is 225 g/mol. The van der Waals surface area contributed by atoms with E-state index in [0.29, 0.717) is 16.1 Å². The van der Waals surface area contributed by atoms with Crippen LogP contribution in [0.4, 0.5) is 5.95 Å². The van der Waals surface area contributed by atoms with Crippen molar-refractivity contribution in [2.24, 2.45) is 0 Å². The number of aromatic nitrogens is 4. The first-order valence-electron chi connectivity index (χ1n) is 3.98. The summed E-state index contributed by atoms with van der Waals surface area (Å²) in [7, 11) is 0. The van der Waals surface area contributed by atoms with Gasteiger partial charge in [-0.25, -0.2) is 9.97 Å². The summed E-state index contributed by atoms with van der Waals surface area (Å²) < 4.78 is 0. The molecule has 78 valence electrons. The Morgan fingerprint density at radius 1 is 1.60 bits per heavy atom. The van der Waals surface area contributed by atoms with E-state index in [1.165, 1.54) is 6.20 Å². The second-order valence-corrected chi connectivity index (χ2v) is 3.66. The molecule has 0 saturated heterocycles. The lowest BCUT2D eigenvalue weighted by molar-refractivity contribution is -0.133. The average Bonchev–Trinajstić information content (AvgIpc) is 2.61. The van der Waals surface area contributed by atoms with Gasteiger partial charge in [0.1, 0.15) is 16.1 Å². The first-order valence-corrected chi connectivity index (χ1v) is 4.96. The topological polar surface area (TPSA) is 118 Å². The summed E-state index contributed by atoms with van der Waals surface area (Å²) in [5.41, 5.74) is 6.65. The first kappa shape index (κ1) is 9.71. The van der Waals surface area contributed by atoms with Crippen LogP contribution in [0.1, 0.15) is 0 Å². The van der Waals surface area contributed by atoms with E-state index in [1.54, 1.807) is 0 Å². The fourth-order valence-corrected chi connectivity index (χ4v) is 1.78. The standard InChI is InChI=1S/C7H7N5O2S/c8-7-10-3-1-9-12-5(3)6(11-7)15-2-4(13)14/h1H,2H2,(H,9,12)(H,13,14)(H2,8,10,11). The summed E-state index contributed by atoms with van der Waals surface area (Å²) >= 11 is 1.07.